The molecule has 4 rings (SSSR count). The number of carbonyl (C=O) groups is 1. The van der Waals surface area contributed by atoms with E-state index in [0.717, 1.165) is 57.9 Å². The lowest BCUT2D eigenvalue weighted by atomic mass is 9.92. The third-order valence-electron chi connectivity index (χ3n) is 4.98. The zero-order chi connectivity index (χ0) is 15.7. The van der Waals surface area contributed by atoms with Gasteiger partial charge in [-0.1, -0.05) is 0 Å². The molecule has 0 unspecified atom stereocenters. The molecule has 6 nitrogen and oxygen atoms in total. The van der Waals surface area contributed by atoms with Crippen molar-refractivity contribution >= 4 is 17.7 Å². The number of ether oxygens (including phenoxy) is 2. The van der Waals surface area contributed by atoms with Crippen LogP contribution in [-0.2, 0) is 9.47 Å². The fraction of sp³-hybridized carbons (Fsp3) is 0.750. The van der Waals surface area contributed by atoms with Gasteiger partial charge in [0.05, 0.1) is 10.9 Å². The van der Waals surface area contributed by atoms with E-state index in [4.69, 9.17) is 13.9 Å². The van der Waals surface area contributed by atoms with Crippen molar-refractivity contribution in [1.29, 1.82) is 0 Å². The average Bonchev–Trinajstić information content (AvgIpc) is 3.22. The Morgan fingerprint density at radius 1 is 1.43 bits per heavy atom. The number of oxazole rings is 1. The highest BCUT2D eigenvalue weighted by Crippen LogP contribution is 2.46. The average molecular weight is 338 g/mol. The van der Waals surface area contributed by atoms with Crippen molar-refractivity contribution in [3.8, 4) is 0 Å². The molecule has 0 N–H and O–H groups in total. The zero-order valence-corrected chi connectivity index (χ0v) is 13.9. The van der Waals surface area contributed by atoms with Crippen molar-refractivity contribution in [2.75, 3.05) is 38.7 Å². The first kappa shape index (κ1) is 15.5. The Hall–Kier alpha value is -1.05. The molecule has 0 aliphatic carbocycles. The molecular weight excluding hydrogens is 316 g/mol. The molecule has 0 bridgehead atoms. The van der Waals surface area contributed by atoms with E-state index in [9.17, 15) is 4.79 Å². The van der Waals surface area contributed by atoms with Gasteiger partial charge in [-0.25, -0.2) is 4.98 Å². The van der Waals surface area contributed by atoms with Gasteiger partial charge in [0.25, 0.3) is 5.91 Å². The maximum Gasteiger partial charge on any atom is 0.275 e. The summed E-state index contributed by atoms with van der Waals surface area (Å²) < 4.78 is 16.6. The van der Waals surface area contributed by atoms with E-state index >= 15 is 0 Å². The molecule has 7 heteroatoms. The van der Waals surface area contributed by atoms with E-state index in [0.29, 0.717) is 17.7 Å². The van der Waals surface area contributed by atoms with Crippen LogP contribution >= 0.6 is 11.8 Å². The molecule has 0 aromatic carbocycles. The SMILES string of the molecule is O=C(c1cocn1)N1CC2(C[C@H](OCC3CCOCC3)CS2)C1. The van der Waals surface area contributed by atoms with E-state index in [-0.39, 0.29) is 10.7 Å². The van der Waals surface area contributed by atoms with Crippen LogP contribution in [0.2, 0.25) is 0 Å². The van der Waals surface area contributed by atoms with Crippen molar-refractivity contribution < 1.29 is 18.7 Å². The minimum atomic E-state index is -0.0310. The molecule has 4 heterocycles. The maximum atomic E-state index is 12.2. The van der Waals surface area contributed by atoms with E-state index in [1.165, 1.54) is 12.7 Å². The molecule has 1 amide bonds. The highest BCUT2D eigenvalue weighted by atomic mass is 32.2. The Kier molecular flexibility index (Phi) is 4.34. The summed E-state index contributed by atoms with van der Waals surface area (Å²) in [4.78, 5) is 18.0. The fourth-order valence-electron chi connectivity index (χ4n) is 3.59. The predicted octanol–water partition coefficient (Wildman–Crippen LogP) is 1.82. The summed E-state index contributed by atoms with van der Waals surface area (Å²) in [6, 6.07) is 0. The van der Waals surface area contributed by atoms with Gasteiger partial charge in [-0.15, -0.1) is 11.8 Å². The second kappa shape index (κ2) is 6.45. The molecule has 3 aliphatic heterocycles. The highest BCUT2D eigenvalue weighted by Gasteiger charge is 2.51. The van der Waals surface area contributed by atoms with Crippen molar-refractivity contribution in [2.24, 2.45) is 5.92 Å². The quantitative estimate of drug-likeness (QED) is 0.834. The van der Waals surface area contributed by atoms with Crippen LogP contribution < -0.4 is 0 Å². The molecule has 0 saturated carbocycles. The number of nitrogens with zero attached hydrogens (tertiary/aromatic N) is 2. The van der Waals surface area contributed by atoms with Crippen LogP contribution in [-0.4, -0.2) is 65.3 Å². The number of hydrogen-bond acceptors (Lipinski definition) is 6. The van der Waals surface area contributed by atoms with E-state index in [2.05, 4.69) is 4.98 Å². The summed E-state index contributed by atoms with van der Waals surface area (Å²) in [7, 11) is 0. The number of aromatic nitrogens is 1. The first-order chi connectivity index (χ1) is 11.2. The number of carbonyl (C=O) groups excluding carboxylic acids is 1. The molecule has 3 fully saturated rings. The molecule has 0 radical (unpaired) electrons. The summed E-state index contributed by atoms with van der Waals surface area (Å²) in [6.45, 7) is 4.18. The maximum absolute atomic E-state index is 12.2. The summed E-state index contributed by atoms with van der Waals surface area (Å²) in [5, 5.41) is 0. The molecule has 1 atom stereocenters. The standard InChI is InChI=1S/C16H22N2O4S/c19-15(14-7-21-11-17-14)18-9-16(10-18)5-13(8-23-16)22-6-12-1-3-20-4-2-12/h7,11-13H,1-6,8-10H2/t13-/m0/s1. The minimum absolute atomic E-state index is 0.0310. The Balaban J connectivity index is 1.23. The molecule has 126 valence electrons. The van der Waals surface area contributed by atoms with Gasteiger partial charge in [0.1, 0.15) is 6.26 Å². The Labute approximate surface area is 139 Å². The lowest BCUT2D eigenvalue weighted by Crippen LogP contribution is -2.60. The van der Waals surface area contributed by atoms with Crippen molar-refractivity contribution in [1.82, 2.24) is 9.88 Å². The van der Waals surface area contributed by atoms with Gasteiger partial charge < -0.3 is 18.8 Å². The smallest absolute Gasteiger partial charge is 0.275 e. The summed E-state index contributed by atoms with van der Waals surface area (Å²) >= 11 is 1.96. The molecule has 1 aromatic heterocycles. The van der Waals surface area contributed by atoms with E-state index < -0.39 is 0 Å². The van der Waals surface area contributed by atoms with Gasteiger partial charge >= 0.3 is 0 Å². The molecular formula is C16H22N2O4S. The van der Waals surface area contributed by atoms with E-state index in [1.54, 1.807) is 0 Å². The first-order valence-corrected chi connectivity index (χ1v) is 9.23. The third-order valence-corrected chi connectivity index (χ3v) is 6.56. The summed E-state index contributed by atoms with van der Waals surface area (Å²) in [5.74, 6) is 1.66. The molecule has 1 spiro atoms. The van der Waals surface area contributed by atoms with Gasteiger partial charge in [-0.2, -0.15) is 0 Å². The van der Waals surface area contributed by atoms with Gasteiger partial charge in [0.2, 0.25) is 0 Å². The Morgan fingerprint density at radius 3 is 3.00 bits per heavy atom. The summed E-state index contributed by atoms with van der Waals surface area (Å²) in [5.41, 5.74) is 0.398. The van der Waals surface area contributed by atoms with Crippen molar-refractivity contribution in [3.05, 3.63) is 18.4 Å². The number of amides is 1. The van der Waals surface area contributed by atoms with Crippen molar-refractivity contribution in [3.63, 3.8) is 0 Å². The topological polar surface area (TPSA) is 64.8 Å². The van der Waals surface area contributed by atoms with Crippen LogP contribution in [0.5, 0.6) is 0 Å². The second-order valence-electron chi connectivity index (χ2n) is 6.74. The third kappa shape index (κ3) is 3.27. The Morgan fingerprint density at radius 2 is 2.26 bits per heavy atom. The van der Waals surface area contributed by atoms with Crippen LogP contribution in [0.15, 0.2) is 17.1 Å². The first-order valence-electron chi connectivity index (χ1n) is 8.25. The lowest BCUT2D eigenvalue weighted by Gasteiger charge is -2.47. The van der Waals surface area contributed by atoms with E-state index in [1.807, 2.05) is 16.7 Å². The largest absolute Gasteiger partial charge is 0.451 e. The lowest BCUT2D eigenvalue weighted by molar-refractivity contribution is -0.0119. The monoisotopic (exact) mass is 338 g/mol. The number of hydrogen-bond donors (Lipinski definition) is 0. The molecule has 1 aromatic rings. The molecule has 3 aliphatic rings. The Bertz CT molecular complexity index is 538. The normalized spacial score (nSPS) is 27.3. The summed E-state index contributed by atoms with van der Waals surface area (Å²) in [6.07, 6.45) is 6.31. The van der Waals surface area contributed by atoms with Gasteiger partial charge in [-0.3, -0.25) is 4.79 Å². The van der Waals surface area contributed by atoms with Crippen LogP contribution in [0.4, 0.5) is 0 Å². The van der Waals surface area contributed by atoms with Crippen LogP contribution in [0.25, 0.3) is 0 Å². The minimum Gasteiger partial charge on any atom is -0.451 e. The highest BCUT2D eigenvalue weighted by molar-refractivity contribution is 8.01. The van der Waals surface area contributed by atoms with Crippen LogP contribution in [0.1, 0.15) is 29.8 Å². The number of likely N-dealkylation sites (tertiary alicyclic amines) is 1. The van der Waals surface area contributed by atoms with Crippen LogP contribution in [0.3, 0.4) is 0 Å². The number of thioether (sulfide) groups is 1. The fourth-order valence-corrected chi connectivity index (χ4v) is 5.14. The number of rotatable bonds is 4. The van der Waals surface area contributed by atoms with Crippen molar-refractivity contribution in [2.45, 2.75) is 30.1 Å². The van der Waals surface area contributed by atoms with Gasteiger partial charge in [-0.05, 0) is 25.2 Å². The second-order valence-corrected chi connectivity index (χ2v) is 8.23. The zero-order valence-electron chi connectivity index (χ0n) is 13.1. The molecule has 23 heavy (non-hydrogen) atoms. The van der Waals surface area contributed by atoms with Gasteiger partial charge in [0, 0.05) is 38.7 Å². The van der Waals surface area contributed by atoms with Gasteiger partial charge in [0.15, 0.2) is 12.1 Å². The van der Waals surface area contributed by atoms with Crippen LogP contribution in [0, 0.1) is 5.92 Å². The predicted molar refractivity (Wildman–Crippen MR) is 85.5 cm³/mol. The molecule has 3 saturated heterocycles.